The number of ether oxygens (including phenoxy) is 3. The second kappa shape index (κ2) is 14.5. The van der Waals surface area contributed by atoms with E-state index in [0.717, 1.165) is 0 Å². The Morgan fingerprint density at radius 1 is 0.846 bits per heavy atom. The van der Waals surface area contributed by atoms with Gasteiger partial charge in [0, 0.05) is 24.5 Å². The molecule has 0 aromatic heterocycles. The van der Waals surface area contributed by atoms with Crippen LogP contribution >= 0.6 is 0 Å². The maximum Gasteiger partial charge on any atom is 0.186 e. The number of nitrogens with one attached hydrogen (secondary N) is 2. The van der Waals surface area contributed by atoms with Crippen LogP contribution in [0.1, 0.15) is 13.3 Å². The summed E-state index contributed by atoms with van der Waals surface area (Å²) in [4.78, 5) is 0. The van der Waals surface area contributed by atoms with Crippen molar-refractivity contribution in [2.24, 2.45) is 17.4 Å². The van der Waals surface area contributed by atoms with E-state index in [-0.39, 0.29) is 13.0 Å². The molecule has 3 fully saturated rings. The SMILES string of the molecule is CCNCC1OC(C2C(N)CC(NC(CO)CO)C(OC3OC(CO)C(O)C(N)C3O)C2O)C(O)C(O)C1O. The van der Waals surface area contributed by atoms with E-state index in [9.17, 15) is 46.0 Å². The molecule has 230 valence electrons. The lowest BCUT2D eigenvalue weighted by molar-refractivity contribution is -0.310. The third kappa shape index (κ3) is 7.06. The average Bonchev–Trinajstić information content (AvgIpc) is 2.92. The fourth-order valence-electron chi connectivity index (χ4n) is 5.67. The maximum absolute atomic E-state index is 11.6. The van der Waals surface area contributed by atoms with Gasteiger partial charge in [0.2, 0.25) is 0 Å². The first-order valence-corrected chi connectivity index (χ1v) is 13.4. The van der Waals surface area contributed by atoms with E-state index in [4.69, 9.17) is 25.7 Å². The van der Waals surface area contributed by atoms with E-state index in [2.05, 4.69) is 10.6 Å². The molecule has 0 amide bonds. The van der Waals surface area contributed by atoms with Gasteiger partial charge in [-0.1, -0.05) is 6.92 Å². The van der Waals surface area contributed by atoms with Crippen LogP contribution in [0.3, 0.4) is 0 Å². The molecule has 15 atom stereocenters. The first kappa shape index (κ1) is 32.9. The van der Waals surface area contributed by atoms with Gasteiger partial charge in [0.25, 0.3) is 0 Å². The van der Waals surface area contributed by atoms with Crippen molar-refractivity contribution in [1.82, 2.24) is 10.6 Å². The van der Waals surface area contributed by atoms with Gasteiger partial charge in [0.1, 0.15) is 42.7 Å². The first-order chi connectivity index (χ1) is 18.5. The van der Waals surface area contributed by atoms with E-state index in [1.54, 1.807) is 0 Å². The number of nitrogens with two attached hydrogens (primary N) is 2. The number of aliphatic hydroxyl groups is 9. The van der Waals surface area contributed by atoms with Crippen LogP contribution in [0.25, 0.3) is 0 Å². The quantitative estimate of drug-likeness (QED) is 0.110. The van der Waals surface area contributed by atoms with Crippen LogP contribution < -0.4 is 22.1 Å². The monoisotopic (exact) mass is 570 g/mol. The highest BCUT2D eigenvalue weighted by atomic mass is 16.7. The Morgan fingerprint density at radius 2 is 1.51 bits per heavy atom. The Balaban J connectivity index is 1.90. The normalized spacial score (nSPS) is 47.5. The fraction of sp³-hybridized carbons (Fsp3) is 1.00. The molecule has 3 aliphatic rings. The predicted octanol–water partition coefficient (Wildman–Crippen LogP) is -7.38. The third-order valence-corrected chi connectivity index (χ3v) is 7.99. The van der Waals surface area contributed by atoms with Crippen molar-refractivity contribution < 1.29 is 60.2 Å². The Labute approximate surface area is 226 Å². The van der Waals surface area contributed by atoms with Gasteiger partial charge in [0.05, 0.1) is 50.2 Å². The standard InChI is InChI=1S/C23H46N4O12/c1-2-26-4-11-16(32)19(35)20(36)22(37-11)13-9(24)3-10(27-8(5-28)6-29)21(17(13)33)39-23-18(34)14(25)15(31)12(7-30)38-23/h8-23,26-36H,2-7,24-25H2,1H3. The fourth-order valence-corrected chi connectivity index (χ4v) is 5.67. The molecule has 0 aromatic rings. The summed E-state index contributed by atoms with van der Waals surface area (Å²) in [7, 11) is 0. The van der Waals surface area contributed by atoms with Gasteiger partial charge < -0.3 is 82.3 Å². The van der Waals surface area contributed by atoms with Crippen molar-refractivity contribution in [3.8, 4) is 0 Å². The zero-order chi connectivity index (χ0) is 29.0. The molecule has 39 heavy (non-hydrogen) atoms. The average molecular weight is 571 g/mol. The Morgan fingerprint density at radius 3 is 2.10 bits per heavy atom. The molecule has 0 bridgehead atoms. The van der Waals surface area contributed by atoms with Gasteiger partial charge in [0.15, 0.2) is 6.29 Å². The van der Waals surface area contributed by atoms with Crippen molar-refractivity contribution >= 4 is 0 Å². The summed E-state index contributed by atoms with van der Waals surface area (Å²) < 4.78 is 17.5. The lowest BCUT2D eigenvalue weighted by Gasteiger charge is -2.52. The first-order valence-electron chi connectivity index (χ1n) is 13.4. The molecule has 0 radical (unpaired) electrons. The summed E-state index contributed by atoms with van der Waals surface area (Å²) >= 11 is 0. The lowest BCUT2D eigenvalue weighted by atomic mass is 9.72. The number of hydrogen-bond acceptors (Lipinski definition) is 16. The second-order valence-corrected chi connectivity index (χ2v) is 10.6. The summed E-state index contributed by atoms with van der Waals surface area (Å²) in [5.74, 6) is -1.05. The summed E-state index contributed by atoms with van der Waals surface area (Å²) in [6.07, 6.45) is -15.1. The minimum Gasteiger partial charge on any atom is -0.395 e. The lowest BCUT2D eigenvalue weighted by Crippen LogP contribution is -2.71. The number of rotatable bonds is 11. The van der Waals surface area contributed by atoms with Crippen LogP contribution in [0, 0.1) is 5.92 Å². The van der Waals surface area contributed by atoms with E-state index in [1.807, 2.05) is 6.92 Å². The van der Waals surface area contributed by atoms with Gasteiger partial charge in [-0.05, 0) is 13.0 Å². The van der Waals surface area contributed by atoms with Gasteiger partial charge in [-0.15, -0.1) is 0 Å². The Kier molecular flexibility index (Phi) is 12.2. The maximum atomic E-state index is 11.6. The minimum atomic E-state index is -1.62. The molecule has 16 heteroatoms. The summed E-state index contributed by atoms with van der Waals surface area (Å²) in [5.41, 5.74) is 12.3. The second-order valence-electron chi connectivity index (χ2n) is 10.6. The van der Waals surface area contributed by atoms with Crippen LogP contribution in [0.15, 0.2) is 0 Å². The minimum absolute atomic E-state index is 0.0624. The van der Waals surface area contributed by atoms with Gasteiger partial charge >= 0.3 is 0 Å². The predicted molar refractivity (Wildman–Crippen MR) is 133 cm³/mol. The van der Waals surface area contributed by atoms with Gasteiger partial charge in [-0.25, -0.2) is 0 Å². The molecule has 2 aliphatic heterocycles. The largest absolute Gasteiger partial charge is 0.395 e. The highest BCUT2D eigenvalue weighted by Crippen LogP contribution is 2.37. The highest BCUT2D eigenvalue weighted by molar-refractivity contribution is 5.07. The van der Waals surface area contributed by atoms with Crippen LogP contribution in [-0.2, 0) is 14.2 Å². The van der Waals surface area contributed by atoms with Gasteiger partial charge in [-0.2, -0.15) is 0 Å². The van der Waals surface area contributed by atoms with E-state index in [0.29, 0.717) is 6.54 Å². The van der Waals surface area contributed by atoms with Crippen molar-refractivity contribution in [2.75, 3.05) is 32.9 Å². The molecule has 0 aromatic carbocycles. The molecule has 2 heterocycles. The molecular weight excluding hydrogens is 524 g/mol. The summed E-state index contributed by atoms with van der Waals surface area (Å²) in [6.45, 7) is 1.00. The Bertz CT molecular complexity index is 739. The molecule has 16 nitrogen and oxygen atoms in total. The van der Waals surface area contributed by atoms with Crippen molar-refractivity contribution in [2.45, 2.75) is 105 Å². The zero-order valence-corrected chi connectivity index (χ0v) is 21.9. The molecular formula is C23H46N4O12. The van der Waals surface area contributed by atoms with E-state index < -0.39 is 117 Å². The van der Waals surface area contributed by atoms with Crippen LogP contribution in [-0.4, -0.2) is 170 Å². The third-order valence-electron chi connectivity index (χ3n) is 7.99. The molecule has 0 spiro atoms. The summed E-state index contributed by atoms with van der Waals surface area (Å²) in [5, 5.41) is 99.0. The van der Waals surface area contributed by atoms with E-state index in [1.165, 1.54) is 0 Å². The van der Waals surface area contributed by atoms with Crippen LogP contribution in [0.2, 0.25) is 0 Å². The van der Waals surface area contributed by atoms with Crippen LogP contribution in [0.4, 0.5) is 0 Å². The van der Waals surface area contributed by atoms with Gasteiger partial charge in [-0.3, -0.25) is 0 Å². The van der Waals surface area contributed by atoms with Crippen molar-refractivity contribution in [3.05, 3.63) is 0 Å². The highest BCUT2D eigenvalue weighted by Gasteiger charge is 2.55. The molecule has 15 unspecified atom stereocenters. The van der Waals surface area contributed by atoms with Crippen molar-refractivity contribution in [3.63, 3.8) is 0 Å². The smallest absolute Gasteiger partial charge is 0.186 e. The number of hydrogen-bond donors (Lipinski definition) is 13. The van der Waals surface area contributed by atoms with Crippen LogP contribution in [0.5, 0.6) is 0 Å². The molecule has 2 saturated heterocycles. The molecule has 3 rings (SSSR count). The Hall–Kier alpha value is -0.640. The zero-order valence-electron chi connectivity index (χ0n) is 21.9. The van der Waals surface area contributed by atoms with E-state index >= 15 is 0 Å². The number of aliphatic hydroxyl groups excluding tert-OH is 9. The van der Waals surface area contributed by atoms with Crippen molar-refractivity contribution in [1.29, 1.82) is 0 Å². The molecule has 15 N–H and O–H groups in total. The molecule has 1 aliphatic carbocycles. The number of likely N-dealkylation sites (N-methyl/N-ethyl adjacent to an activating group) is 1. The topological polar surface area (TPSA) is 286 Å². The summed E-state index contributed by atoms with van der Waals surface area (Å²) in [6, 6.07) is -3.75. The molecule has 1 saturated carbocycles.